The lowest BCUT2D eigenvalue weighted by Gasteiger charge is -2.61. The third kappa shape index (κ3) is 2.25. The Balaban J connectivity index is 1.41. The zero-order valence-electron chi connectivity index (χ0n) is 15.1. The maximum atomic E-state index is 2.74. The molecule has 1 aliphatic heterocycles. The zero-order valence-corrected chi connectivity index (χ0v) is 16.7. The fraction of sp³-hybridized carbons (Fsp3) is 1.00. The molecular weight excluding hydrogens is 316 g/mol. The van der Waals surface area contributed by atoms with Crippen LogP contribution in [-0.4, -0.2) is 15.6 Å². The first-order valence-corrected chi connectivity index (χ1v) is 12.3. The van der Waals surface area contributed by atoms with Gasteiger partial charge < -0.3 is 0 Å². The summed E-state index contributed by atoms with van der Waals surface area (Å²) in [6.45, 7) is 5.39. The molecule has 0 radical (unpaired) electrons. The Morgan fingerprint density at radius 2 is 1.61 bits per heavy atom. The Labute approximate surface area is 151 Å². The van der Waals surface area contributed by atoms with Crippen molar-refractivity contribution < 1.29 is 0 Å². The Morgan fingerprint density at radius 1 is 0.783 bits per heavy atom. The van der Waals surface area contributed by atoms with Crippen molar-refractivity contribution in [2.75, 3.05) is 11.5 Å². The van der Waals surface area contributed by atoms with E-state index in [9.17, 15) is 0 Å². The highest BCUT2D eigenvalue weighted by atomic mass is 32.2. The third-order valence-electron chi connectivity index (χ3n) is 9.26. The minimum atomic E-state index is 0.646. The van der Waals surface area contributed by atoms with Crippen LogP contribution in [0.4, 0.5) is 0 Å². The van der Waals surface area contributed by atoms with Crippen LogP contribution >= 0.6 is 23.5 Å². The molecule has 2 heteroatoms. The summed E-state index contributed by atoms with van der Waals surface area (Å²) >= 11 is 4.65. The van der Waals surface area contributed by atoms with E-state index in [0.717, 1.165) is 29.1 Å². The molecule has 0 aromatic rings. The fourth-order valence-corrected chi connectivity index (χ4v) is 11.3. The van der Waals surface area contributed by atoms with Crippen molar-refractivity contribution in [3.8, 4) is 0 Å². The van der Waals surface area contributed by atoms with E-state index in [1.165, 1.54) is 30.8 Å². The molecule has 5 fully saturated rings. The lowest BCUT2D eigenvalue weighted by Crippen LogP contribution is -2.54. The van der Waals surface area contributed by atoms with Gasteiger partial charge in [0.05, 0.1) is 4.08 Å². The standard InChI is InChI=1S/C21H34S2/c1-19-8-3-4-17(19)16-6-5-15-14-21(22-12-13-23-21)11-10-20(15,2)18(16)7-9-19/h15-18H,3-14H2,1-2H3/t15-,16?,17?,18?,19?,20?/m0/s1. The first-order chi connectivity index (χ1) is 11.0. The van der Waals surface area contributed by atoms with E-state index in [-0.39, 0.29) is 0 Å². The van der Waals surface area contributed by atoms with Gasteiger partial charge in [0.15, 0.2) is 0 Å². The lowest BCUT2D eigenvalue weighted by atomic mass is 9.45. The first-order valence-electron chi connectivity index (χ1n) is 10.3. The largest absolute Gasteiger partial charge is 0.143 e. The minimum absolute atomic E-state index is 0.646. The molecule has 0 nitrogen and oxygen atoms in total. The molecule has 23 heavy (non-hydrogen) atoms. The maximum absolute atomic E-state index is 2.74. The van der Waals surface area contributed by atoms with Crippen molar-refractivity contribution >= 4 is 23.5 Å². The van der Waals surface area contributed by atoms with Crippen molar-refractivity contribution in [2.45, 2.75) is 82.1 Å². The number of hydrogen-bond donors (Lipinski definition) is 0. The van der Waals surface area contributed by atoms with Crippen LogP contribution in [0, 0.1) is 34.5 Å². The number of rotatable bonds is 0. The summed E-state index contributed by atoms with van der Waals surface area (Å²) in [5.74, 6) is 7.13. The van der Waals surface area contributed by atoms with E-state index < -0.39 is 0 Å². The van der Waals surface area contributed by atoms with Crippen molar-refractivity contribution in [1.82, 2.24) is 0 Å². The Kier molecular flexibility index (Phi) is 3.70. The van der Waals surface area contributed by atoms with E-state index in [4.69, 9.17) is 0 Å². The van der Waals surface area contributed by atoms with Gasteiger partial charge in [-0.1, -0.05) is 20.3 Å². The second kappa shape index (κ2) is 5.35. The number of hydrogen-bond acceptors (Lipinski definition) is 2. The minimum Gasteiger partial charge on any atom is -0.143 e. The Morgan fingerprint density at radius 3 is 2.43 bits per heavy atom. The van der Waals surface area contributed by atoms with Crippen LogP contribution < -0.4 is 0 Å². The van der Waals surface area contributed by atoms with E-state index in [0.29, 0.717) is 9.49 Å². The molecule has 5 rings (SSSR count). The molecule has 4 saturated carbocycles. The average Bonchev–Trinajstić information content (AvgIpc) is 3.15. The Bertz CT molecular complexity index is 482. The summed E-state index contributed by atoms with van der Waals surface area (Å²) in [4.78, 5) is 0. The van der Waals surface area contributed by atoms with Crippen molar-refractivity contribution in [2.24, 2.45) is 34.5 Å². The predicted molar refractivity (Wildman–Crippen MR) is 104 cm³/mol. The summed E-state index contributed by atoms with van der Waals surface area (Å²) < 4.78 is 0.646. The molecular formula is C21H34S2. The lowest BCUT2D eigenvalue weighted by molar-refractivity contribution is -0.103. The summed E-state index contributed by atoms with van der Waals surface area (Å²) in [5, 5.41) is 0. The van der Waals surface area contributed by atoms with Crippen molar-refractivity contribution in [1.29, 1.82) is 0 Å². The van der Waals surface area contributed by atoms with Gasteiger partial charge in [0.2, 0.25) is 0 Å². The van der Waals surface area contributed by atoms with Crippen LogP contribution in [0.25, 0.3) is 0 Å². The predicted octanol–water partition coefficient (Wildman–Crippen LogP) is 6.60. The van der Waals surface area contributed by atoms with Crippen LogP contribution in [0.2, 0.25) is 0 Å². The van der Waals surface area contributed by atoms with Crippen LogP contribution in [-0.2, 0) is 0 Å². The van der Waals surface area contributed by atoms with Gasteiger partial charge in [-0.2, -0.15) is 0 Å². The van der Waals surface area contributed by atoms with E-state index in [2.05, 4.69) is 37.4 Å². The highest BCUT2D eigenvalue weighted by Gasteiger charge is 2.59. The maximum Gasteiger partial charge on any atom is 0.0614 e. The molecule has 0 amide bonds. The van der Waals surface area contributed by atoms with Crippen molar-refractivity contribution in [3.05, 3.63) is 0 Å². The van der Waals surface area contributed by atoms with Gasteiger partial charge in [-0.05, 0) is 92.3 Å². The van der Waals surface area contributed by atoms with Crippen LogP contribution in [0.3, 0.4) is 0 Å². The molecule has 130 valence electrons. The summed E-state index contributed by atoms with van der Waals surface area (Å²) in [5.41, 5.74) is 1.43. The second-order valence-electron chi connectivity index (χ2n) is 10.1. The Hall–Kier alpha value is 0.700. The van der Waals surface area contributed by atoms with Gasteiger partial charge >= 0.3 is 0 Å². The fourth-order valence-electron chi connectivity index (χ4n) is 7.95. The van der Waals surface area contributed by atoms with Gasteiger partial charge in [0.1, 0.15) is 0 Å². The number of thioether (sulfide) groups is 2. The van der Waals surface area contributed by atoms with E-state index in [1.54, 1.807) is 44.9 Å². The quantitative estimate of drug-likeness (QED) is 0.483. The van der Waals surface area contributed by atoms with Gasteiger partial charge in [-0.3, -0.25) is 0 Å². The molecule has 0 bridgehead atoms. The molecule has 0 N–H and O–H groups in total. The molecule has 0 aromatic heterocycles. The zero-order chi connectivity index (χ0) is 15.7. The smallest absolute Gasteiger partial charge is 0.0614 e. The van der Waals surface area contributed by atoms with Crippen LogP contribution in [0.15, 0.2) is 0 Å². The molecule has 5 aliphatic rings. The van der Waals surface area contributed by atoms with Gasteiger partial charge in [0, 0.05) is 11.5 Å². The summed E-state index contributed by atoms with van der Waals surface area (Å²) in [6.07, 6.45) is 15.5. The van der Waals surface area contributed by atoms with Crippen LogP contribution in [0.1, 0.15) is 78.1 Å². The highest BCUT2D eigenvalue weighted by Crippen LogP contribution is 2.69. The topological polar surface area (TPSA) is 0 Å². The summed E-state index contributed by atoms with van der Waals surface area (Å²) in [6, 6.07) is 0. The highest BCUT2D eigenvalue weighted by molar-refractivity contribution is 8.21. The van der Waals surface area contributed by atoms with Gasteiger partial charge in [0.25, 0.3) is 0 Å². The molecule has 1 saturated heterocycles. The average molecular weight is 351 g/mol. The van der Waals surface area contributed by atoms with Crippen molar-refractivity contribution in [3.63, 3.8) is 0 Å². The molecule has 0 aromatic carbocycles. The van der Waals surface area contributed by atoms with E-state index in [1.807, 2.05) is 0 Å². The molecule has 6 atom stereocenters. The molecule has 4 aliphatic carbocycles. The first kappa shape index (κ1) is 15.9. The van der Waals surface area contributed by atoms with Crippen LogP contribution in [0.5, 0.6) is 0 Å². The van der Waals surface area contributed by atoms with Gasteiger partial charge in [-0.25, -0.2) is 0 Å². The molecule has 5 unspecified atom stereocenters. The monoisotopic (exact) mass is 350 g/mol. The van der Waals surface area contributed by atoms with E-state index >= 15 is 0 Å². The third-order valence-corrected chi connectivity index (χ3v) is 12.8. The SMILES string of the molecule is CC12CCCC1C1CC[C@H]3CC4(CCC3(C)C1CC2)SCCS4. The molecule has 1 spiro atoms. The second-order valence-corrected chi connectivity index (χ2v) is 13.3. The normalized spacial score (nSPS) is 54.5. The molecule has 1 heterocycles. The number of fused-ring (bicyclic) bond motifs is 5. The van der Waals surface area contributed by atoms with Gasteiger partial charge in [-0.15, -0.1) is 23.5 Å². The summed E-state index contributed by atoms with van der Waals surface area (Å²) in [7, 11) is 0.